The molecule has 0 bridgehead atoms. The van der Waals surface area contributed by atoms with Crippen molar-refractivity contribution in [3.63, 3.8) is 0 Å². The fourth-order valence-corrected chi connectivity index (χ4v) is 2.64. The molecular formula is C15H16O5. The summed E-state index contributed by atoms with van der Waals surface area (Å²) >= 11 is 0. The largest absolute Gasteiger partial charge is 0.508 e. The van der Waals surface area contributed by atoms with Crippen molar-refractivity contribution in [1.29, 1.82) is 0 Å². The Bertz CT molecular complexity index is 572. The Kier molecular flexibility index (Phi) is 3.16. The predicted molar refractivity (Wildman–Crippen MR) is 70.9 cm³/mol. The molecule has 0 spiro atoms. The molecule has 1 aliphatic heterocycles. The summed E-state index contributed by atoms with van der Waals surface area (Å²) < 4.78 is 5.76. The molecule has 106 valence electrons. The Morgan fingerprint density at radius 2 is 1.70 bits per heavy atom. The van der Waals surface area contributed by atoms with Gasteiger partial charge in [0.25, 0.3) is 0 Å². The lowest BCUT2D eigenvalue weighted by atomic mass is 9.89. The number of aromatic hydroxyl groups is 1. The van der Waals surface area contributed by atoms with Gasteiger partial charge in [-0.3, -0.25) is 0 Å². The zero-order chi connectivity index (χ0) is 14.3. The van der Waals surface area contributed by atoms with E-state index in [1.165, 1.54) is 18.2 Å². The Labute approximate surface area is 116 Å². The third-order valence-corrected chi connectivity index (χ3v) is 3.64. The van der Waals surface area contributed by atoms with Crippen molar-refractivity contribution in [2.45, 2.75) is 31.2 Å². The number of ether oxygens (including phenoxy) is 1. The van der Waals surface area contributed by atoms with Gasteiger partial charge in [-0.2, -0.15) is 0 Å². The van der Waals surface area contributed by atoms with Gasteiger partial charge < -0.3 is 25.2 Å². The molecule has 1 heterocycles. The van der Waals surface area contributed by atoms with Crippen LogP contribution in [0.25, 0.3) is 0 Å². The number of benzene rings is 1. The second-order valence-electron chi connectivity index (χ2n) is 5.13. The summed E-state index contributed by atoms with van der Waals surface area (Å²) in [5.74, 6) is 0.635. The molecular weight excluding hydrogens is 260 g/mol. The van der Waals surface area contributed by atoms with Crippen LogP contribution in [0.1, 0.15) is 24.5 Å². The third kappa shape index (κ3) is 2.26. The Morgan fingerprint density at radius 1 is 1.00 bits per heavy atom. The zero-order valence-corrected chi connectivity index (χ0v) is 10.7. The summed E-state index contributed by atoms with van der Waals surface area (Å²) in [4.78, 5) is 0. The molecule has 1 aromatic rings. The molecule has 1 aromatic carbocycles. The summed E-state index contributed by atoms with van der Waals surface area (Å²) in [6, 6.07) is 6.43. The molecule has 3 rings (SSSR count). The van der Waals surface area contributed by atoms with Gasteiger partial charge in [0, 0.05) is 18.4 Å². The van der Waals surface area contributed by atoms with Crippen molar-refractivity contribution in [2.75, 3.05) is 0 Å². The molecule has 0 fully saturated rings. The monoisotopic (exact) mass is 276 g/mol. The normalized spacial score (nSPS) is 29.5. The van der Waals surface area contributed by atoms with Crippen LogP contribution in [0.3, 0.4) is 0 Å². The summed E-state index contributed by atoms with van der Waals surface area (Å²) in [6.07, 6.45) is -0.201. The fraction of sp³-hybridized carbons (Fsp3) is 0.333. The first-order valence-electron chi connectivity index (χ1n) is 6.49. The highest BCUT2D eigenvalue weighted by Crippen LogP contribution is 2.40. The van der Waals surface area contributed by atoms with E-state index >= 15 is 0 Å². The third-order valence-electron chi connectivity index (χ3n) is 3.64. The van der Waals surface area contributed by atoms with E-state index in [-0.39, 0.29) is 17.9 Å². The van der Waals surface area contributed by atoms with Crippen molar-refractivity contribution in [1.82, 2.24) is 0 Å². The predicted octanol–water partition coefficient (Wildman–Crippen LogP) is 1.68. The molecule has 0 radical (unpaired) electrons. The quantitative estimate of drug-likeness (QED) is 0.626. The van der Waals surface area contributed by atoms with Crippen molar-refractivity contribution < 1.29 is 25.2 Å². The number of aliphatic hydroxyl groups is 3. The highest BCUT2D eigenvalue weighted by atomic mass is 16.5. The first-order valence-corrected chi connectivity index (χ1v) is 6.49. The van der Waals surface area contributed by atoms with E-state index in [4.69, 9.17) is 4.74 Å². The molecule has 0 aromatic heterocycles. The molecule has 2 aliphatic rings. The Hall–Kier alpha value is -1.98. The van der Waals surface area contributed by atoms with E-state index in [9.17, 15) is 20.4 Å². The summed E-state index contributed by atoms with van der Waals surface area (Å²) in [5, 5.41) is 38.9. The van der Waals surface area contributed by atoms with Crippen molar-refractivity contribution in [2.24, 2.45) is 0 Å². The molecule has 3 atom stereocenters. The van der Waals surface area contributed by atoms with Gasteiger partial charge in [0.2, 0.25) is 0 Å². The molecule has 0 saturated carbocycles. The van der Waals surface area contributed by atoms with Crippen molar-refractivity contribution >= 4 is 0 Å². The number of allylic oxidation sites excluding steroid dienone is 1. The number of rotatable bonds is 1. The molecule has 5 heteroatoms. The minimum atomic E-state index is -0.788. The van der Waals surface area contributed by atoms with Gasteiger partial charge in [0.15, 0.2) is 0 Å². The fourth-order valence-electron chi connectivity index (χ4n) is 2.64. The van der Waals surface area contributed by atoms with Gasteiger partial charge >= 0.3 is 0 Å². The van der Waals surface area contributed by atoms with Crippen LogP contribution in [0, 0.1) is 0 Å². The van der Waals surface area contributed by atoms with Crippen LogP contribution >= 0.6 is 0 Å². The summed E-state index contributed by atoms with van der Waals surface area (Å²) in [7, 11) is 0. The summed E-state index contributed by atoms with van der Waals surface area (Å²) in [5.41, 5.74) is 1.29. The topological polar surface area (TPSA) is 90.2 Å². The number of hydrogen-bond acceptors (Lipinski definition) is 5. The number of phenols is 1. The molecule has 5 nitrogen and oxygen atoms in total. The zero-order valence-electron chi connectivity index (χ0n) is 10.7. The van der Waals surface area contributed by atoms with Crippen molar-refractivity contribution in [3.8, 4) is 5.75 Å². The van der Waals surface area contributed by atoms with E-state index in [0.29, 0.717) is 17.8 Å². The van der Waals surface area contributed by atoms with E-state index in [2.05, 4.69) is 0 Å². The average molecular weight is 276 g/mol. The van der Waals surface area contributed by atoms with Crippen LogP contribution in [0.4, 0.5) is 0 Å². The van der Waals surface area contributed by atoms with Gasteiger partial charge in [-0.1, -0.05) is 12.1 Å². The second-order valence-corrected chi connectivity index (χ2v) is 5.13. The smallest absolute Gasteiger partial charge is 0.149 e. The molecule has 3 unspecified atom stereocenters. The number of aliphatic hydroxyl groups excluding tert-OH is 3. The minimum Gasteiger partial charge on any atom is -0.508 e. The maximum atomic E-state index is 10.2. The van der Waals surface area contributed by atoms with Crippen LogP contribution in [-0.2, 0) is 4.74 Å². The van der Waals surface area contributed by atoms with E-state index in [1.54, 1.807) is 12.1 Å². The average Bonchev–Trinajstić information content (AvgIpc) is 2.40. The van der Waals surface area contributed by atoms with Gasteiger partial charge in [0.05, 0.1) is 12.2 Å². The standard InChI is InChI=1S/C15H16O5/c16-9-3-1-8(2-4-9)15-13(19)7-11-12(18)5-10(17)6-14(11)20-15/h1-5,10,13,15-19H,6-7H2. The molecule has 4 N–H and O–H groups in total. The number of hydrogen-bond donors (Lipinski definition) is 4. The molecule has 20 heavy (non-hydrogen) atoms. The van der Waals surface area contributed by atoms with Crippen LogP contribution in [0.5, 0.6) is 5.75 Å². The highest BCUT2D eigenvalue weighted by Gasteiger charge is 2.35. The number of phenolic OH excluding ortho intramolecular Hbond substituents is 1. The second kappa shape index (κ2) is 4.85. The molecule has 0 saturated heterocycles. The summed E-state index contributed by atoms with van der Waals surface area (Å²) in [6.45, 7) is 0. The lowest BCUT2D eigenvalue weighted by molar-refractivity contribution is -0.0318. The minimum absolute atomic E-state index is 0.0260. The lowest BCUT2D eigenvalue weighted by Crippen LogP contribution is -2.30. The lowest BCUT2D eigenvalue weighted by Gasteiger charge is -2.35. The van der Waals surface area contributed by atoms with Gasteiger partial charge in [-0.15, -0.1) is 0 Å². The van der Waals surface area contributed by atoms with E-state index < -0.39 is 18.3 Å². The van der Waals surface area contributed by atoms with Crippen LogP contribution in [-0.4, -0.2) is 32.6 Å². The molecule has 1 aliphatic carbocycles. The first kappa shape index (κ1) is 13.0. The first-order chi connectivity index (χ1) is 9.54. The maximum absolute atomic E-state index is 10.2. The van der Waals surface area contributed by atoms with Gasteiger partial charge in [-0.05, 0) is 23.8 Å². The highest BCUT2D eigenvalue weighted by molar-refractivity contribution is 5.37. The van der Waals surface area contributed by atoms with Crippen LogP contribution in [0.15, 0.2) is 47.4 Å². The Balaban J connectivity index is 1.90. The van der Waals surface area contributed by atoms with Gasteiger partial charge in [0.1, 0.15) is 23.4 Å². The van der Waals surface area contributed by atoms with Crippen LogP contribution in [0.2, 0.25) is 0 Å². The SMILES string of the molecule is OC1=CC(O)CC2=C1CC(O)C(c1ccc(O)cc1)O2. The maximum Gasteiger partial charge on any atom is 0.149 e. The van der Waals surface area contributed by atoms with Crippen LogP contribution < -0.4 is 0 Å². The van der Waals surface area contributed by atoms with Gasteiger partial charge in [-0.25, -0.2) is 0 Å². The van der Waals surface area contributed by atoms with Crippen molar-refractivity contribution in [3.05, 3.63) is 53.0 Å². The molecule has 0 amide bonds. The van der Waals surface area contributed by atoms with E-state index in [1.807, 2.05) is 0 Å². The Morgan fingerprint density at radius 3 is 2.40 bits per heavy atom. The van der Waals surface area contributed by atoms with E-state index in [0.717, 1.165) is 5.56 Å².